The lowest BCUT2D eigenvalue weighted by atomic mass is 10.2. The minimum absolute atomic E-state index is 0.407. The third-order valence-electron chi connectivity index (χ3n) is 1.77. The van der Waals surface area contributed by atoms with Gasteiger partial charge in [0.15, 0.2) is 0 Å². The van der Waals surface area contributed by atoms with Crippen molar-refractivity contribution in [1.29, 1.82) is 0 Å². The van der Waals surface area contributed by atoms with Gasteiger partial charge in [0.05, 0.1) is 18.6 Å². The summed E-state index contributed by atoms with van der Waals surface area (Å²) in [5, 5.41) is 0.754. The molecule has 3 nitrogen and oxygen atoms in total. The minimum Gasteiger partial charge on any atom is -0.496 e. The molecule has 0 aliphatic rings. The molecule has 3 heteroatoms. The predicted octanol–water partition coefficient (Wildman–Crippen LogP) is 1.60. The number of hydrogen-bond acceptors (Lipinski definition) is 3. The minimum atomic E-state index is -0.407. The lowest BCUT2D eigenvalue weighted by Crippen LogP contribution is -1.98. The third-order valence-corrected chi connectivity index (χ3v) is 1.77. The fraction of sp³-hybridized carbons (Fsp3) is 0.100. The van der Waals surface area contributed by atoms with Crippen molar-refractivity contribution in [3.05, 3.63) is 40.8 Å². The van der Waals surface area contributed by atoms with Crippen LogP contribution in [0.5, 0.6) is 5.75 Å². The normalized spacial score (nSPS) is 10.2. The van der Waals surface area contributed by atoms with E-state index in [-0.39, 0.29) is 0 Å². The summed E-state index contributed by atoms with van der Waals surface area (Å²) >= 11 is 0. The summed E-state index contributed by atoms with van der Waals surface area (Å²) in [6.07, 6.45) is 0. The number of rotatable bonds is 1. The molecule has 0 atom stereocenters. The molecule has 65 valence electrons. The molecule has 0 amide bonds. The first kappa shape index (κ1) is 7.86. The van der Waals surface area contributed by atoms with Crippen molar-refractivity contribution in [3.63, 3.8) is 0 Å². The molecule has 0 unspecified atom stereocenters. The number of fused-ring (bicyclic) bond motifs is 1. The van der Waals surface area contributed by atoms with Crippen LogP contribution in [0.3, 0.4) is 0 Å². The van der Waals surface area contributed by atoms with E-state index in [1.165, 1.54) is 13.2 Å². The first-order valence-corrected chi connectivity index (χ1v) is 3.79. The Labute approximate surface area is 74.6 Å². The fourth-order valence-electron chi connectivity index (χ4n) is 1.19. The Hall–Kier alpha value is -1.77. The van der Waals surface area contributed by atoms with Gasteiger partial charge in [0, 0.05) is 0 Å². The van der Waals surface area contributed by atoms with Gasteiger partial charge in [-0.25, -0.2) is 4.79 Å². The van der Waals surface area contributed by atoms with Crippen LogP contribution in [0.25, 0.3) is 11.0 Å². The zero-order valence-corrected chi connectivity index (χ0v) is 7.03. The molecule has 0 aliphatic carbocycles. The van der Waals surface area contributed by atoms with Gasteiger partial charge in [0.1, 0.15) is 11.3 Å². The van der Waals surface area contributed by atoms with Crippen molar-refractivity contribution in [2.24, 2.45) is 0 Å². The number of methoxy groups -OCH3 is 1. The summed E-state index contributed by atoms with van der Waals surface area (Å²) in [6, 6.07) is 9.29. The highest BCUT2D eigenvalue weighted by atomic mass is 16.5. The number of benzene rings is 1. The van der Waals surface area contributed by atoms with Crippen LogP contribution in [-0.4, -0.2) is 7.11 Å². The molecule has 0 N–H and O–H groups in total. The summed E-state index contributed by atoms with van der Waals surface area (Å²) in [5.74, 6) is 0.517. The van der Waals surface area contributed by atoms with Gasteiger partial charge in [-0.3, -0.25) is 0 Å². The maximum Gasteiger partial charge on any atom is 0.339 e. The van der Waals surface area contributed by atoms with Gasteiger partial charge < -0.3 is 9.15 Å². The van der Waals surface area contributed by atoms with Gasteiger partial charge in [-0.05, 0) is 18.2 Å². The third kappa shape index (κ3) is 1.28. The predicted molar refractivity (Wildman–Crippen MR) is 47.9 cm³/mol. The summed E-state index contributed by atoms with van der Waals surface area (Å²) in [5.41, 5.74) is 0.110. The molecule has 2 aromatic rings. The van der Waals surface area contributed by atoms with Gasteiger partial charge in [-0.1, -0.05) is 6.07 Å². The van der Waals surface area contributed by atoms with Crippen LogP contribution in [0.15, 0.2) is 33.5 Å². The average molecular weight is 175 g/mol. The molecule has 0 fully saturated rings. The maximum atomic E-state index is 11.0. The second kappa shape index (κ2) is 2.94. The van der Waals surface area contributed by atoms with Gasteiger partial charge in [0.25, 0.3) is 0 Å². The lowest BCUT2D eigenvalue weighted by molar-refractivity contribution is 0.413. The molecule has 1 radical (unpaired) electrons. The van der Waals surface area contributed by atoms with Crippen LogP contribution in [0.4, 0.5) is 0 Å². The molecule has 0 saturated heterocycles. The molecule has 13 heavy (non-hydrogen) atoms. The molecule has 1 aromatic heterocycles. The van der Waals surface area contributed by atoms with E-state index < -0.39 is 5.63 Å². The highest BCUT2D eigenvalue weighted by molar-refractivity contribution is 5.82. The SMILES string of the molecule is COc1cc(=O)oc2cc[c]cc12. The van der Waals surface area contributed by atoms with Crippen LogP contribution in [0, 0.1) is 6.07 Å². The van der Waals surface area contributed by atoms with E-state index in [0.29, 0.717) is 11.3 Å². The van der Waals surface area contributed by atoms with E-state index in [1.807, 2.05) is 0 Å². The first-order valence-electron chi connectivity index (χ1n) is 3.79. The Morgan fingerprint density at radius 1 is 1.54 bits per heavy atom. The number of ether oxygens (including phenoxy) is 1. The van der Waals surface area contributed by atoms with Crippen LogP contribution in [0.1, 0.15) is 0 Å². The van der Waals surface area contributed by atoms with Crippen molar-refractivity contribution in [2.75, 3.05) is 7.11 Å². The lowest BCUT2D eigenvalue weighted by Gasteiger charge is -2.01. The molecule has 0 aliphatic heterocycles. The Balaban J connectivity index is 2.89. The van der Waals surface area contributed by atoms with Crippen molar-refractivity contribution in [2.45, 2.75) is 0 Å². The maximum absolute atomic E-state index is 11.0. The second-order valence-corrected chi connectivity index (χ2v) is 2.56. The van der Waals surface area contributed by atoms with Crippen LogP contribution < -0.4 is 10.4 Å². The van der Waals surface area contributed by atoms with Crippen molar-refractivity contribution >= 4 is 11.0 Å². The van der Waals surface area contributed by atoms with Crippen molar-refractivity contribution < 1.29 is 9.15 Å². The summed E-state index contributed by atoms with van der Waals surface area (Å²) < 4.78 is 9.98. The second-order valence-electron chi connectivity index (χ2n) is 2.56. The van der Waals surface area contributed by atoms with E-state index in [4.69, 9.17) is 9.15 Å². The monoisotopic (exact) mass is 175 g/mol. The standard InChI is InChI=1S/C10H7O3/c1-12-9-6-10(11)13-8-5-3-2-4-7(8)9/h3-6H,1H3. The van der Waals surface area contributed by atoms with Crippen molar-refractivity contribution in [1.82, 2.24) is 0 Å². The molecular weight excluding hydrogens is 168 g/mol. The molecule has 0 saturated carbocycles. The van der Waals surface area contributed by atoms with Gasteiger partial charge >= 0.3 is 5.63 Å². The summed E-state index contributed by atoms with van der Waals surface area (Å²) in [4.78, 5) is 11.0. The quantitative estimate of drug-likeness (QED) is 0.618. The topological polar surface area (TPSA) is 39.4 Å². The highest BCUT2D eigenvalue weighted by Gasteiger charge is 2.03. The van der Waals surface area contributed by atoms with Gasteiger partial charge in [-0.2, -0.15) is 0 Å². The van der Waals surface area contributed by atoms with E-state index in [2.05, 4.69) is 6.07 Å². The molecule has 1 heterocycles. The van der Waals surface area contributed by atoms with E-state index >= 15 is 0 Å². The van der Waals surface area contributed by atoms with Crippen LogP contribution in [0.2, 0.25) is 0 Å². The Morgan fingerprint density at radius 2 is 2.38 bits per heavy atom. The Bertz CT molecular complexity index is 485. The zero-order chi connectivity index (χ0) is 9.26. The van der Waals surface area contributed by atoms with Crippen LogP contribution >= 0.6 is 0 Å². The first-order chi connectivity index (χ1) is 6.31. The smallest absolute Gasteiger partial charge is 0.339 e. The van der Waals surface area contributed by atoms with Crippen LogP contribution in [-0.2, 0) is 0 Å². The Morgan fingerprint density at radius 3 is 3.15 bits per heavy atom. The average Bonchev–Trinajstić information content (AvgIpc) is 2.16. The summed E-state index contributed by atoms with van der Waals surface area (Å²) in [6.45, 7) is 0. The van der Waals surface area contributed by atoms with Crippen molar-refractivity contribution in [3.8, 4) is 5.75 Å². The number of hydrogen-bond donors (Lipinski definition) is 0. The molecule has 0 bridgehead atoms. The molecule has 2 rings (SSSR count). The molecule has 1 aromatic carbocycles. The molecule has 0 spiro atoms. The van der Waals surface area contributed by atoms with E-state index in [9.17, 15) is 4.79 Å². The highest BCUT2D eigenvalue weighted by Crippen LogP contribution is 2.21. The Kier molecular flexibility index (Phi) is 1.77. The van der Waals surface area contributed by atoms with Gasteiger partial charge in [-0.15, -0.1) is 0 Å². The van der Waals surface area contributed by atoms with E-state index in [1.54, 1.807) is 18.2 Å². The fourth-order valence-corrected chi connectivity index (χ4v) is 1.19. The van der Waals surface area contributed by atoms with E-state index in [0.717, 1.165) is 5.39 Å². The van der Waals surface area contributed by atoms with Gasteiger partial charge in [0.2, 0.25) is 0 Å². The summed E-state index contributed by atoms with van der Waals surface area (Å²) in [7, 11) is 1.52. The zero-order valence-electron chi connectivity index (χ0n) is 7.03. The largest absolute Gasteiger partial charge is 0.496 e. The molecular formula is C10H7O3.